The first-order valence-corrected chi connectivity index (χ1v) is 4.66. The molecule has 1 amide bonds. The number of hydrogen-bond acceptors (Lipinski definition) is 4. The predicted octanol–water partition coefficient (Wildman–Crippen LogP) is -0.0742. The number of nitrogens with zero attached hydrogens (tertiary/aromatic N) is 1. The lowest BCUT2D eigenvalue weighted by Gasteiger charge is -2.05. The van der Waals surface area contributed by atoms with E-state index in [1.807, 2.05) is 6.07 Å². The van der Waals surface area contributed by atoms with E-state index in [9.17, 15) is 4.79 Å². The minimum absolute atomic E-state index is 0.0340. The number of aromatic nitrogens is 1. The van der Waals surface area contributed by atoms with Crippen molar-refractivity contribution in [2.45, 2.75) is 6.54 Å². The van der Waals surface area contributed by atoms with Gasteiger partial charge in [0.05, 0.1) is 13.7 Å². The van der Waals surface area contributed by atoms with Gasteiger partial charge in [-0.15, -0.1) is 0 Å². The first-order chi connectivity index (χ1) is 7.26. The zero-order valence-electron chi connectivity index (χ0n) is 8.91. The molecule has 0 radical (unpaired) electrons. The molecule has 0 fully saturated rings. The molecule has 0 aliphatic carbocycles. The average molecular weight is 209 g/mol. The van der Waals surface area contributed by atoms with E-state index in [0.717, 1.165) is 5.56 Å². The summed E-state index contributed by atoms with van der Waals surface area (Å²) in [4.78, 5) is 15.2. The van der Waals surface area contributed by atoms with Crippen LogP contribution < -0.4 is 15.4 Å². The zero-order chi connectivity index (χ0) is 11.1. The fourth-order valence-corrected chi connectivity index (χ4v) is 1.06. The van der Waals surface area contributed by atoms with Gasteiger partial charge in [0.2, 0.25) is 11.8 Å². The van der Waals surface area contributed by atoms with Gasteiger partial charge in [-0.05, 0) is 12.6 Å². The molecule has 15 heavy (non-hydrogen) atoms. The summed E-state index contributed by atoms with van der Waals surface area (Å²) >= 11 is 0. The van der Waals surface area contributed by atoms with E-state index in [0.29, 0.717) is 19.0 Å². The van der Waals surface area contributed by atoms with Gasteiger partial charge < -0.3 is 15.4 Å². The van der Waals surface area contributed by atoms with Crippen LogP contribution in [0, 0.1) is 0 Å². The number of hydrogen-bond donors (Lipinski definition) is 2. The third kappa shape index (κ3) is 3.95. The molecule has 0 saturated carbocycles. The lowest BCUT2D eigenvalue weighted by atomic mass is 10.3. The molecule has 82 valence electrons. The van der Waals surface area contributed by atoms with Crippen molar-refractivity contribution in [3.05, 3.63) is 23.9 Å². The van der Waals surface area contributed by atoms with Gasteiger partial charge in [-0.2, -0.15) is 0 Å². The van der Waals surface area contributed by atoms with Crippen molar-refractivity contribution < 1.29 is 9.53 Å². The number of nitrogens with one attached hydrogen (secondary N) is 2. The SMILES string of the molecule is CNCC(=O)NCc1ccc(OC)nc1. The molecule has 0 aliphatic rings. The highest BCUT2D eigenvalue weighted by Crippen LogP contribution is 2.05. The molecule has 0 aromatic carbocycles. The van der Waals surface area contributed by atoms with Crippen LogP contribution >= 0.6 is 0 Å². The van der Waals surface area contributed by atoms with Crippen LogP contribution in [0.1, 0.15) is 5.56 Å². The van der Waals surface area contributed by atoms with Gasteiger partial charge in [0.25, 0.3) is 0 Å². The van der Waals surface area contributed by atoms with E-state index in [4.69, 9.17) is 4.74 Å². The monoisotopic (exact) mass is 209 g/mol. The van der Waals surface area contributed by atoms with Crippen LogP contribution in [0.25, 0.3) is 0 Å². The molecule has 1 aromatic heterocycles. The fraction of sp³-hybridized carbons (Fsp3) is 0.400. The average Bonchev–Trinajstić information content (AvgIpc) is 2.27. The Bertz CT molecular complexity index is 311. The molecule has 0 saturated heterocycles. The van der Waals surface area contributed by atoms with Gasteiger partial charge in [0.1, 0.15) is 0 Å². The summed E-state index contributed by atoms with van der Waals surface area (Å²) < 4.78 is 4.92. The second kappa shape index (κ2) is 5.98. The third-order valence-electron chi connectivity index (χ3n) is 1.83. The summed E-state index contributed by atoms with van der Waals surface area (Å²) in [6, 6.07) is 3.63. The maximum atomic E-state index is 11.1. The van der Waals surface area contributed by atoms with Crippen molar-refractivity contribution in [1.82, 2.24) is 15.6 Å². The molecule has 0 spiro atoms. The molecule has 5 heteroatoms. The lowest BCUT2D eigenvalue weighted by molar-refractivity contribution is -0.120. The standard InChI is InChI=1S/C10H15N3O2/c1-11-7-9(14)12-5-8-3-4-10(15-2)13-6-8/h3-4,6,11H,5,7H2,1-2H3,(H,12,14). The van der Waals surface area contributed by atoms with Crippen LogP contribution in [-0.4, -0.2) is 31.6 Å². The predicted molar refractivity (Wildman–Crippen MR) is 56.6 cm³/mol. The van der Waals surface area contributed by atoms with Gasteiger partial charge >= 0.3 is 0 Å². The van der Waals surface area contributed by atoms with E-state index in [2.05, 4.69) is 15.6 Å². The van der Waals surface area contributed by atoms with Crippen molar-refractivity contribution in [2.75, 3.05) is 20.7 Å². The molecule has 2 N–H and O–H groups in total. The molecule has 0 aliphatic heterocycles. The summed E-state index contributed by atoms with van der Waals surface area (Å²) in [5, 5.41) is 5.53. The topological polar surface area (TPSA) is 63.2 Å². The second-order valence-electron chi connectivity index (χ2n) is 3.02. The lowest BCUT2D eigenvalue weighted by Crippen LogP contribution is -2.31. The summed E-state index contributed by atoms with van der Waals surface area (Å²) in [5.41, 5.74) is 0.945. The van der Waals surface area contributed by atoms with Crippen molar-refractivity contribution in [3.63, 3.8) is 0 Å². The third-order valence-corrected chi connectivity index (χ3v) is 1.83. The number of amides is 1. The fourth-order valence-electron chi connectivity index (χ4n) is 1.06. The van der Waals surface area contributed by atoms with Crippen LogP contribution in [0.4, 0.5) is 0 Å². The number of carbonyl (C=O) groups excluding carboxylic acids is 1. The largest absolute Gasteiger partial charge is 0.481 e. The highest BCUT2D eigenvalue weighted by Gasteiger charge is 1.99. The minimum Gasteiger partial charge on any atom is -0.481 e. The van der Waals surface area contributed by atoms with E-state index >= 15 is 0 Å². The van der Waals surface area contributed by atoms with Crippen LogP contribution in [0.3, 0.4) is 0 Å². The van der Waals surface area contributed by atoms with Gasteiger partial charge in [-0.1, -0.05) is 6.07 Å². The Kier molecular flexibility index (Phi) is 4.56. The van der Waals surface area contributed by atoms with Gasteiger partial charge in [-0.3, -0.25) is 4.79 Å². The number of rotatable bonds is 5. The Balaban J connectivity index is 2.40. The quantitative estimate of drug-likeness (QED) is 0.712. The molecule has 0 atom stereocenters. The summed E-state index contributed by atoms with van der Waals surface area (Å²) in [6.45, 7) is 0.807. The molecule has 1 heterocycles. The van der Waals surface area contributed by atoms with Crippen LogP contribution in [-0.2, 0) is 11.3 Å². The highest BCUT2D eigenvalue weighted by atomic mass is 16.5. The first kappa shape index (κ1) is 11.5. The van der Waals surface area contributed by atoms with E-state index < -0.39 is 0 Å². The summed E-state index contributed by atoms with van der Waals surface area (Å²) in [6.07, 6.45) is 1.68. The molecule has 0 bridgehead atoms. The zero-order valence-corrected chi connectivity index (χ0v) is 8.91. The van der Waals surface area contributed by atoms with Crippen LogP contribution in [0.5, 0.6) is 5.88 Å². The van der Waals surface area contributed by atoms with Crippen molar-refractivity contribution in [3.8, 4) is 5.88 Å². The Morgan fingerprint density at radius 1 is 1.53 bits per heavy atom. The smallest absolute Gasteiger partial charge is 0.234 e. The van der Waals surface area contributed by atoms with Gasteiger partial charge in [-0.25, -0.2) is 4.98 Å². The van der Waals surface area contributed by atoms with Crippen molar-refractivity contribution >= 4 is 5.91 Å². The van der Waals surface area contributed by atoms with Gasteiger partial charge in [0, 0.05) is 18.8 Å². The number of likely N-dealkylation sites (N-methyl/N-ethyl adjacent to an activating group) is 1. The maximum Gasteiger partial charge on any atom is 0.234 e. The molecular weight excluding hydrogens is 194 g/mol. The molecule has 0 unspecified atom stereocenters. The molecule has 5 nitrogen and oxygen atoms in total. The maximum absolute atomic E-state index is 11.1. The Morgan fingerprint density at radius 2 is 2.33 bits per heavy atom. The Hall–Kier alpha value is -1.62. The van der Waals surface area contributed by atoms with Crippen molar-refractivity contribution in [2.24, 2.45) is 0 Å². The normalized spacial score (nSPS) is 9.73. The van der Waals surface area contributed by atoms with Crippen LogP contribution in [0.2, 0.25) is 0 Å². The summed E-state index contributed by atoms with van der Waals surface area (Å²) in [7, 11) is 3.30. The second-order valence-corrected chi connectivity index (χ2v) is 3.02. The summed E-state index contributed by atoms with van der Waals surface area (Å²) in [5.74, 6) is 0.536. The molecule has 1 aromatic rings. The molecule has 1 rings (SSSR count). The number of carbonyl (C=O) groups is 1. The highest BCUT2D eigenvalue weighted by molar-refractivity contribution is 5.77. The Morgan fingerprint density at radius 3 is 2.87 bits per heavy atom. The Labute approximate surface area is 88.9 Å². The van der Waals surface area contributed by atoms with Crippen molar-refractivity contribution in [1.29, 1.82) is 0 Å². The number of ether oxygens (including phenoxy) is 1. The van der Waals surface area contributed by atoms with Gasteiger partial charge in [0.15, 0.2) is 0 Å². The molecular formula is C10H15N3O2. The van der Waals surface area contributed by atoms with Crippen LogP contribution in [0.15, 0.2) is 18.3 Å². The van der Waals surface area contributed by atoms with E-state index in [1.54, 1.807) is 26.4 Å². The first-order valence-electron chi connectivity index (χ1n) is 4.66. The minimum atomic E-state index is -0.0340. The number of methoxy groups -OCH3 is 1. The van der Waals surface area contributed by atoms with E-state index in [1.165, 1.54) is 0 Å². The number of pyridine rings is 1. The van der Waals surface area contributed by atoms with E-state index in [-0.39, 0.29) is 5.91 Å².